The number of nitrogens with zero attached hydrogens (tertiary/aromatic N) is 1. The molecule has 1 heterocycles. The summed E-state index contributed by atoms with van der Waals surface area (Å²) in [5.41, 5.74) is 1.42. The lowest BCUT2D eigenvalue weighted by atomic mass is 10.1. The van der Waals surface area contributed by atoms with E-state index in [2.05, 4.69) is 39.2 Å². The van der Waals surface area contributed by atoms with Gasteiger partial charge in [-0.15, -0.1) is 11.3 Å². The maximum atomic E-state index is 5.29. The molecule has 0 spiro atoms. The van der Waals surface area contributed by atoms with Gasteiger partial charge in [-0.25, -0.2) is 0 Å². The molecule has 0 unspecified atom stereocenters. The zero-order valence-electron chi connectivity index (χ0n) is 8.26. The van der Waals surface area contributed by atoms with Crippen LogP contribution in [-0.2, 0) is 5.54 Å². The van der Waals surface area contributed by atoms with Gasteiger partial charge in [0.05, 0.1) is 0 Å². The molecule has 0 amide bonds. The van der Waals surface area contributed by atoms with Crippen molar-refractivity contribution in [2.75, 3.05) is 0 Å². The fourth-order valence-electron chi connectivity index (χ4n) is 1.32. The lowest BCUT2D eigenvalue weighted by Gasteiger charge is -2.22. The summed E-state index contributed by atoms with van der Waals surface area (Å²) in [5.74, 6) is 0. The van der Waals surface area contributed by atoms with E-state index in [1.807, 2.05) is 0 Å². The Morgan fingerprint density at radius 1 is 1.25 bits per heavy atom. The molecule has 0 atom stereocenters. The Morgan fingerprint density at radius 3 is 1.92 bits per heavy atom. The van der Waals surface area contributed by atoms with Crippen molar-refractivity contribution in [1.82, 2.24) is 4.57 Å². The van der Waals surface area contributed by atoms with Gasteiger partial charge in [0.1, 0.15) is 0 Å². The Bertz CT molecular complexity index is 338. The molecule has 0 bridgehead atoms. The molecular formula is C9H15NS2. The lowest BCUT2D eigenvalue weighted by molar-refractivity contribution is 0.388. The molecule has 0 fully saturated rings. The van der Waals surface area contributed by atoms with Crippen molar-refractivity contribution in [3.05, 3.63) is 14.5 Å². The van der Waals surface area contributed by atoms with Gasteiger partial charge in [-0.05, 0) is 46.8 Å². The minimum atomic E-state index is 0.117. The van der Waals surface area contributed by atoms with Crippen LogP contribution in [0.5, 0.6) is 0 Å². The van der Waals surface area contributed by atoms with Crippen molar-refractivity contribution >= 4 is 23.6 Å². The average Bonchev–Trinajstić information content (AvgIpc) is 2.05. The predicted molar refractivity (Wildman–Crippen MR) is 57.6 cm³/mol. The summed E-state index contributed by atoms with van der Waals surface area (Å²) in [5, 5.41) is 0. The van der Waals surface area contributed by atoms with Crippen LogP contribution in [0.1, 0.15) is 31.3 Å². The maximum absolute atomic E-state index is 5.29. The van der Waals surface area contributed by atoms with E-state index >= 15 is 0 Å². The highest BCUT2D eigenvalue weighted by atomic mass is 32.1. The van der Waals surface area contributed by atoms with Gasteiger partial charge in [0.25, 0.3) is 0 Å². The van der Waals surface area contributed by atoms with Crippen molar-refractivity contribution in [1.29, 1.82) is 0 Å². The number of aryl methyl sites for hydroxylation is 1. The number of thiazole rings is 1. The van der Waals surface area contributed by atoms with Crippen LogP contribution in [0.25, 0.3) is 0 Å². The van der Waals surface area contributed by atoms with Crippen molar-refractivity contribution in [2.45, 2.75) is 40.2 Å². The molecule has 1 aromatic rings. The van der Waals surface area contributed by atoms with E-state index < -0.39 is 0 Å². The van der Waals surface area contributed by atoms with E-state index in [1.165, 1.54) is 10.6 Å². The van der Waals surface area contributed by atoms with Crippen LogP contribution in [0.2, 0.25) is 0 Å². The summed E-state index contributed by atoms with van der Waals surface area (Å²) in [7, 11) is 0. The first-order valence-electron chi connectivity index (χ1n) is 4.03. The van der Waals surface area contributed by atoms with E-state index in [0.29, 0.717) is 0 Å². The molecule has 1 rings (SSSR count). The monoisotopic (exact) mass is 201 g/mol. The van der Waals surface area contributed by atoms with Gasteiger partial charge in [0, 0.05) is 16.1 Å². The Balaban J connectivity index is 3.43. The Morgan fingerprint density at radius 2 is 1.75 bits per heavy atom. The molecule has 0 aliphatic heterocycles. The maximum Gasteiger partial charge on any atom is 0.161 e. The molecule has 0 saturated heterocycles. The Kier molecular flexibility index (Phi) is 2.45. The summed E-state index contributed by atoms with van der Waals surface area (Å²) in [6, 6.07) is 0. The first-order chi connectivity index (χ1) is 5.34. The van der Waals surface area contributed by atoms with Gasteiger partial charge >= 0.3 is 0 Å². The van der Waals surface area contributed by atoms with Crippen molar-refractivity contribution in [3.8, 4) is 0 Å². The van der Waals surface area contributed by atoms with Crippen molar-refractivity contribution in [3.63, 3.8) is 0 Å². The molecule has 1 nitrogen and oxygen atoms in total. The standard InChI is InChI=1S/C9H15NS2/c1-6-7(2)12-8(11)10(6)9(3,4)5/h1-5H3. The molecule has 0 N–H and O–H groups in total. The highest BCUT2D eigenvalue weighted by Crippen LogP contribution is 2.25. The van der Waals surface area contributed by atoms with Crippen LogP contribution in [0.3, 0.4) is 0 Å². The first-order valence-corrected chi connectivity index (χ1v) is 5.26. The number of aromatic nitrogens is 1. The van der Waals surface area contributed by atoms with Crippen LogP contribution in [0.4, 0.5) is 0 Å². The third kappa shape index (κ3) is 1.62. The largest absolute Gasteiger partial charge is 0.322 e. The molecular weight excluding hydrogens is 186 g/mol. The van der Waals surface area contributed by atoms with Crippen LogP contribution in [0, 0.1) is 17.8 Å². The highest BCUT2D eigenvalue weighted by molar-refractivity contribution is 7.73. The average molecular weight is 201 g/mol. The normalized spacial score (nSPS) is 12.1. The van der Waals surface area contributed by atoms with E-state index in [4.69, 9.17) is 12.2 Å². The van der Waals surface area contributed by atoms with E-state index in [1.54, 1.807) is 11.3 Å². The highest BCUT2D eigenvalue weighted by Gasteiger charge is 2.17. The second-order valence-electron chi connectivity index (χ2n) is 4.02. The molecule has 0 aliphatic carbocycles. The Hall–Kier alpha value is -0.150. The minimum absolute atomic E-state index is 0.117. The van der Waals surface area contributed by atoms with Crippen molar-refractivity contribution < 1.29 is 0 Å². The molecule has 0 aromatic carbocycles. The fourth-order valence-corrected chi connectivity index (χ4v) is 3.11. The van der Waals surface area contributed by atoms with E-state index in [0.717, 1.165) is 3.95 Å². The van der Waals surface area contributed by atoms with Gasteiger partial charge in [-0.3, -0.25) is 0 Å². The number of hydrogen-bond acceptors (Lipinski definition) is 2. The fraction of sp³-hybridized carbons (Fsp3) is 0.667. The van der Waals surface area contributed by atoms with E-state index in [-0.39, 0.29) is 5.54 Å². The molecule has 3 heteroatoms. The topological polar surface area (TPSA) is 4.93 Å². The SMILES string of the molecule is Cc1sc(=S)n(C(C)(C)C)c1C. The molecule has 1 aromatic heterocycles. The lowest BCUT2D eigenvalue weighted by Crippen LogP contribution is -2.22. The third-order valence-corrected chi connectivity index (χ3v) is 3.33. The Labute approximate surface area is 83.0 Å². The summed E-state index contributed by atoms with van der Waals surface area (Å²) >= 11 is 6.99. The molecule has 0 aliphatic rings. The van der Waals surface area contributed by atoms with Crippen LogP contribution in [-0.4, -0.2) is 4.57 Å². The van der Waals surface area contributed by atoms with E-state index in [9.17, 15) is 0 Å². The first kappa shape index (κ1) is 9.93. The summed E-state index contributed by atoms with van der Waals surface area (Å²) < 4.78 is 3.21. The third-order valence-electron chi connectivity index (χ3n) is 1.94. The number of rotatable bonds is 0. The zero-order chi connectivity index (χ0) is 9.52. The zero-order valence-corrected chi connectivity index (χ0v) is 9.90. The predicted octanol–water partition coefficient (Wildman–Crippen LogP) is 3.65. The summed E-state index contributed by atoms with van der Waals surface area (Å²) in [6.45, 7) is 10.8. The van der Waals surface area contributed by atoms with Gasteiger partial charge in [0.2, 0.25) is 0 Å². The van der Waals surface area contributed by atoms with Gasteiger partial charge < -0.3 is 4.57 Å². The quantitative estimate of drug-likeness (QED) is 0.580. The van der Waals surface area contributed by atoms with Crippen LogP contribution >= 0.6 is 23.6 Å². The van der Waals surface area contributed by atoms with Crippen molar-refractivity contribution in [2.24, 2.45) is 0 Å². The van der Waals surface area contributed by atoms with Crippen LogP contribution < -0.4 is 0 Å². The smallest absolute Gasteiger partial charge is 0.161 e. The second kappa shape index (κ2) is 2.96. The van der Waals surface area contributed by atoms with Gasteiger partial charge in [-0.1, -0.05) is 0 Å². The van der Waals surface area contributed by atoms with Crippen LogP contribution in [0.15, 0.2) is 0 Å². The molecule has 68 valence electrons. The van der Waals surface area contributed by atoms with Gasteiger partial charge in [-0.2, -0.15) is 0 Å². The summed E-state index contributed by atoms with van der Waals surface area (Å²) in [6.07, 6.45) is 0. The minimum Gasteiger partial charge on any atom is -0.322 e. The molecule has 0 saturated carbocycles. The number of hydrogen-bond donors (Lipinski definition) is 0. The summed E-state index contributed by atoms with van der Waals surface area (Å²) in [4.78, 5) is 1.33. The van der Waals surface area contributed by atoms with Gasteiger partial charge in [0.15, 0.2) is 3.95 Å². The second-order valence-corrected chi connectivity index (χ2v) is 5.86. The molecule has 12 heavy (non-hydrogen) atoms. The molecule has 0 radical (unpaired) electrons.